The van der Waals surface area contributed by atoms with Crippen LogP contribution >= 0.6 is 0 Å². The van der Waals surface area contributed by atoms with Crippen LogP contribution in [0, 0.1) is 17.2 Å². The fourth-order valence-corrected chi connectivity index (χ4v) is 0.299. The molecule has 0 aromatic rings. The molecule has 0 spiro atoms. The molecule has 0 saturated carbocycles. The third-order valence-corrected chi connectivity index (χ3v) is 0.751. The summed E-state index contributed by atoms with van der Waals surface area (Å²) >= 11 is 0. The maximum absolute atomic E-state index is 9.86. The Morgan fingerprint density at radius 1 is 1.70 bits per heavy atom. The molecular formula is C5H7KN2O2. The molecule has 0 aliphatic rings. The molecule has 50 valence electrons. The van der Waals surface area contributed by atoms with Crippen molar-refractivity contribution in [1.82, 2.24) is 5.32 Å². The first-order valence-electron chi connectivity index (χ1n) is 2.37. The zero-order valence-corrected chi connectivity index (χ0v) is 8.83. The van der Waals surface area contributed by atoms with Gasteiger partial charge in [-0.05, 0) is 0 Å². The Labute approximate surface area is 103 Å². The van der Waals surface area contributed by atoms with E-state index in [0.29, 0.717) is 12.7 Å². The van der Waals surface area contributed by atoms with Gasteiger partial charge < -0.3 is 11.5 Å². The summed E-state index contributed by atoms with van der Waals surface area (Å²) in [4.78, 5) is 19.5. The first-order valence-corrected chi connectivity index (χ1v) is 2.37. The Balaban J connectivity index is -0.000000320. The predicted octanol–water partition coefficient (Wildman–Crippen LogP) is -3.81. The second kappa shape index (κ2) is 9.27. The van der Waals surface area contributed by atoms with Gasteiger partial charge in [0.25, 0.3) is 0 Å². The number of hydrogen-bond acceptors (Lipinski definition) is 3. The van der Waals surface area contributed by atoms with Gasteiger partial charge in [0.1, 0.15) is 12.2 Å². The van der Waals surface area contributed by atoms with Crippen LogP contribution in [-0.2, 0) is 9.59 Å². The third kappa shape index (κ3) is 6.39. The fraction of sp³-hybridized carbons (Fsp3) is 0.400. The number of aldehydes is 1. The van der Waals surface area contributed by atoms with Crippen LogP contribution in [0.25, 0.3) is 0 Å². The van der Waals surface area contributed by atoms with Gasteiger partial charge >= 0.3 is 51.4 Å². The molecule has 4 nitrogen and oxygen atoms in total. The van der Waals surface area contributed by atoms with Gasteiger partial charge in [0.2, 0.25) is 6.41 Å². The first-order chi connectivity index (χ1) is 4.35. The SMILES string of the molecule is N#CC(C=O)CNC=O.[H-].[K+]. The van der Waals surface area contributed by atoms with Gasteiger partial charge in [-0.1, -0.05) is 0 Å². The predicted molar refractivity (Wildman–Crippen MR) is 30.3 cm³/mol. The molecule has 0 aliphatic heterocycles. The standard InChI is InChI=1S/C5H6N2O2.K.H/c6-1-5(3-8)2-7-4-9;;/h3-5H,2H2,(H,7,9);;/q;+1;-1. The van der Waals surface area contributed by atoms with Crippen molar-refractivity contribution in [3.63, 3.8) is 0 Å². The van der Waals surface area contributed by atoms with E-state index in [2.05, 4.69) is 5.32 Å². The van der Waals surface area contributed by atoms with Gasteiger partial charge in [-0.2, -0.15) is 5.26 Å². The number of rotatable bonds is 4. The molecule has 1 amide bonds. The Hall–Kier alpha value is 0.266. The average molecular weight is 166 g/mol. The van der Waals surface area contributed by atoms with E-state index in [-0.39, 0.29) is 59.4 Å². The summed E-state index contributed by atoms with van der Waals surface area (Å²) < 4.78 is 0. The average Bonchev–Trinajstić information content (AvgIpc) is 1.91. The van der Waals surface area contributed by atoms with E-state index >= 15 is 0 Å². The Bertz CT molecular complexity index is 148. The summed E-state index contributed by atoms with van der Waals surface area (Å²) in [6.07, 6.45) is 0.949. The zero-order valence-electron chi connectivity index (χ0n) is 6.70. The molecule has 1 atom stereocenters. The van der Waals surface area contributed by atoms with Crippen LogP contribution in [0.15, 0.2) is 0 Å². The summed E-state index contributed by atoms with van der Waals surface area (Å²) in [6, 6.07) is 1.70. The maximum atomic E-state index is 9.86. The van der Waals surface area contributed by atoms with Gasteiger partial charge in [0, 0.05) is 6.54 Å². The number of nitrogens with zero attached hydrogens (tertiary/aromatic N) is 1. The van der Waals surface area contributed by atoms with Crippen molar-refractivity contribution in [2.45, 2.75) is 0 Å². The van der Waals surface area contributed by atoms with Crippen LogP contribution in [0.5, 0.6) is 0 Å². The topological polar surface area (TPSA) is 70.0 Å². The van der Waals surface area contributed by atoms with E-state index in [9.17, 15) is 9.59 Å². The molecule has 0 saturated heterocycles. The molecule has 0 bridgehead atoms. The van der Waals surface area contributed by atoms with Crippen LogP contribution in [0.1, 0.15) is 1.43 Å². The van der Waals surface area contributed by atoms with E-state index < -0.39 is 5.92 Å². The quantitative estimate of drug-likeness (QED) is 0.344. The maximum Gasteiger partial charge on any atom is 1.00 e. The summed E-state index contributed by atoms with van der Waals surface area (Å²) in [6.45, 7) is 0.101. The van der Waals surface area contributed by atoms with Crippen molar-refractivity contribution in [1.29, 1.82) is 5.26 Å². The minimum Gasteiger partial charge on any atom is -1.00 e. The molecule has 1 unspecified atom stereocenters. The van der Waals surface area contributed by atoms with Crippen molar-refractivity contribution >= 4 is 12.7 Å². The van der Waals surface area contributed by atoms with Crippen molar-refractivity contribution in [2.75, 3.05) is 6.54 Å². The Morgan fingerprint density at radius 2 is 2.30 bits per heavy atom. The zero-order chi connectivity index (χ0) is 7.11. The monoisotopic (exact) mass is 166 g/mol. The van der Waals surface area contributed by atoms with Crippen LogP contribution in [-0.4, -0.2) is 19.2 Å². The second-order valence-electron chi connectivity index (χ2n) is 1.40. The number of amides is 1. The summed E-state index contributed by atoms with van der Waals surface area (Å²) in [5, 5.41) is 10.3. The number of carbonyl (C=O) groups is 2. The summed E-state index contributed by atoms with van der Waals surface area (Å²) in [7, 11) is 0. The molecule has 0 heterocycles. The molecule has 0 aromatic heterocycles. The summed E-state index contributed by atoms with van der Waals surface area (Å²) in [5.74, 6) is -0.713. The van der Waals surface area contributed by atoms with E-state index in [1.807, 2.05) is 0 Å². The molecule has 0 aromatic carbocycles. The number of carbonyl (C=O) groups excluding carboxylic acids is 2. The van der Waals surface area contributed by atoms with Gasteiger partial charge in [0.15, 0.2) is 0 Å². The molecule has 0 radical (unpaired) electrons. The number of nitriles is 1. The summed E-state index contributed by atoms with van der Waals surface area (Å²) in [5.41, 5.74) is 0. The van der Waals surface area contributed by atoms with Crippen molar-refractivity contribution in [3.8, 4) is 6.07 Å². The normalized spacial score (nSPS) is 9.90. The first kappa shape index (κ1) is 12.9. The molecule has 5 heteroatoms. The van der Waals surface area contributed by atoms with Crippen molar-refractivity contribution < 1.29 is 62.4 Å². The second-order valence-corrected chi connectivity index (χ2v) is 1.40. The van der Waals surface area contributed by atoms with E-state index in [0.717, 1.165) is 0 Å². The van der Waals surface area contributed by atoms with E-state index in [4.69, 9.17) is 5.26 Å². The van der Waals surface area contributed by atoms with Crippen molar-refractivity contribution in [2.24, 2.45) is 5.92 Å². The molecule has 10 heavy (non-hydrogen) atoms. The minimum absolute atomic E-state index is 0. The van der Waals surface area contributed by atoms with Crippen LogP contribution in [0.4, 0.5) is 0 Å². The van der Waals surface area contributed by atoms with Crippen LogP contribution < -0.4 is 56.7 Å². The molecule has 0 aliphatic carbocycles. The molecule has 1 N–H and O–H groups in total. The van der Waals surface area contributed by atoms with E-state index in [1.54, 1.807) is 6.07 Å². The fourth-order valence-electron chi connectivity index (χ4n) is 0.299. The molecule has 0 rings (SSSR count). The van der Waals surface area contributed by atoms with Gasteiger partial charge in [-0.25, -0.2) is 0 Å². The van der Waals surface area contributed by atoms with Crippen LogP contribution in [0.3, 0.4) is 0 Å². The van der Waals surface area contributed by atoms with Gasteiger partial charge in [0.05, 0.1) is 6.07 Å². The smallest absolute Gasteiger partial charge is 1.00 e. The largest absolute Gasteiger partial charge is 1.00 e. The van der Waals surface area contributed by atoms with Gasteiger partial charge in [-0.3, -0.25) is 4.79 Å². The van der Waals surface area contributed by atoms with Gasteiger partial charge in [-0.15, -0.1) is 0 Å². The third-order valence-electron chi connectivity index (χ3n) is 0.751. The molecular weight excluding hydrogens is 159 g/mol. The number of hydrogen-bond donors (Lipinski definition) is 1. The number of nitrogens with one attached hydrogen (secondary N) is 1. The van der Waals surface area contributed by atoms with E-state index in [1.165, 1.54) is 0 Å². The minimum atomic E-state index is -0.713. The Morgan fingerprint density at radius 3 is 2.60 bits per heavy atom. The van der Waals surface area contributed by atoms with Crippen LogP contribution in [0.2, 0.25) is 0 Å². The Kier molecular flexibility index (Phi) is 12.0. The van der Waals surface area contributed by atoms with Crippen molar-refractivity contribution in [3.05, 3.63) is 0 Å². The molecule has 0 fully saturated rings.